The minimum Gasteiger partial charge on any atom is -0.383 e. The monoisotopic (exact) mass is 293 g/mol. The summed E-state index contributed by atoms with van der Waals surface area (Å²) in [5.41, 5.74) is 0.656. The molecule has 0 fully saturated rings. The number of methoxy groups -OCH3 is 1. The van der Waals surface area contributed by atoms with Crippen LogP contribution in [-0.4, -0.2) is 49.7 Å². The van der Waals surface area contributed by atoms with Crippen LogP contribution in [0.4, 0.5) is 5.69 Å². The second-order valence-electron chi connectivity index (χ2n) is 4.49. The molecule has 0 aromatic carbocycles. The Morgan fingerprint density at radius 1 is 1.52 bits per heavy atom. The highest BCUT2D eigenvalue weighted by Gasteiger charge is 2.06. The first-order chi connectivity index (χ1) is 10.2. The van der Waals surface area contributed by atoms with E-state index in [9.17, 15) is 4.79 Å². The van der Waals surface area contributed by atoms with Gasteiger partial charge in [-0.25, -0.2) is 4.99 Å². The first kappa shape index (κ1) is 16.9. The van der Waals surface area contributed by atoms with Crippen molar-refractivity contribution in [2.45, 2.75) is 19.9 Å². The number of aromatic nitrogens is 1. The van der Waals surface area contributed by atoms with Crippen LogP contribution in [0.5, 0.6) is 0 Å². The van der Waals surface area contributed by atoms with Crippen molar-refractivity contribution in [1.29, 1.82) is 0 Å². The predicted molar refractivity (Wildman–Crippen MR) is 83.3 cm³/mol. The third kappa shape index (κ3) is 7.26. The van der Waals surface area contributed by atoms with Gasteiger partial charge in [0.25, 0.3) is 0 Å². The lowest BCUT2D eigenvalue weighted by atomic mass is 10.4. The summed E-state index contributed by atoms with van der Waals surface area (Å²) in [6.07, 6.45) is 3.24. The normalized spacial score (nSPS) is 12.6. The zero-order chi connectivity index (χ0) is 15.5. The van der Waals surface area contributed by atoms with E-state index in [-0.39, 0.29) is 18.5 Å². The number of pyridine rings is 1. The van der Waals surface area contributed by atoms with Gasteiger partial charge in [0.1, 0.15) is 6.54 Å². The first-order valence-corrected chi connectivity index (χ1v) is 6.89. The topological polar surface area (TPSA) is 87.6 Å². The van der Waals surface area contributed by atoms with Gasteiger partial charge in [0.2, 0.25) is 5.91 Å². The molecule has 0 saturated heterocycles. The van der Waals surface area contributed by atoms with E-state index >= 15 is 0 Å². The third-order valence-electron chi connectivity index (χ3n) is 2.47. The number of ether oxygens (including phenoxy) is 1. The molecule has 7 heteroatoms. The highest BCUT2D eigenvalue weighted by molar-refractivity contribution is 5.93. The van der Waals surface area contributed by atoms with Gasteiger partial charge in [0.05, 0.1) is 18.5 Å². The van der Waals surface area contributed by atoms with Crippen LogP contribution < -0.4 is 16.0 Å². The quantitative estimate of drug-likeness (QED) is 0.506. The number of carbonyl (C=O) groups excluding carboxylic acids is 1. The first-order valence-electron chi connectivity index (χ1n) is 6.89. The van der Waals surface area contributed by atoms with Crippen LogP contribution in [0, 0.1) is 0 Å². The van der Waals surface area contributed by atoms with Crippen molar-refractivity contribution < 1.29 is 9.53 Å². The molecule has 116 valence electrons. The molecule has 1 unspecified atom stereocenters. The van der Waals surface area contributed by atoms with Crippen LogP contribution >= 0.6 is 0 Å². The number of carbonyl (C=O) groups is 1. The number of rotatable bonds is 7. The predicted octanol–water partition coefficient (Wildman–Crippen LogP) is 0.610. The second-order valence-corrected chi connectivity index (χ2v) is 4.49. The summed E-state index contributed by atoms with van der Waals surface area (Å²) in [5.74, 6) is 0.392. The molecule has 0 aliphatic rings. The second kappa shape index (κ2) is 9.71. The van der Waals surface area contributed by atoms with Gasteiger partial charge in [-0.05, 0) is 26.0 Å². The summed E-state index contributed by atoms with van der Waals surface area (Å²) < 4.78 is 5.06. The maximum Gasteiger partial charge on any atom is 0.246 e. The Morgan fingerprint density at radius 2 is 2.33 bits per heavy atom. The molecule has 3 N–H and O–H groups in total. The Hall–Kier alpha value is -2.15. The van der Waals surface area contributed by atoms with Crippen molar-refractivity contribution in [3.8, 4) is 0 Å². The Morgan fingerprint density at radius 3 is 2.95 bits per heavy atom. The Labute approximate surface area is 125 Å². The summed E-state index contributed by atoms with van der Waals surface area (Å²) in [7, 11) is 1.64. The van der Waals surface area contributed by atoms with E-state index in [1.165, 1.54) is 0 Å². The standard InChI is InChI=1S/C14H23N5O2/c1-4-16-14(18-11(2)10-21-3)17-9-13(20)19-12-6-5-7-15-8-12/h5-8,11H,4,9-10H2,1-3H3,(H,19,20)(H2,16,17,18). The van der Waals surface area contributed by atoms with Gasteiger partial charge in [0.15, 0.2) is 5.96 Å². The molecular weight excluding hydrogens is 270 g/mol. The molecule has 0 radical (unpaired) electrons. The van der Waals surface area contributed by atoms with E-state index in [4.69, 9.17) is 4.74 Å². The summed E-state index contributed by atoms with van der Waals surface area (Å²) in [6.45, 7) is 5.26. The van der Waals surface area contributed by atoms with Crippen molar-refractivity contribution in [3.63, 3.8) is 0 Å². The third-order valence-corrected chi connectivity index (χ3v) is 2.47. The average molecular weight is 293 g/mol. The van der Waals surface area contributed by atoms with E-state index in [0.29, 0.717) is 18.3 Å². The smallest absolute Gasteiger partial charge is 0.246 e. The number of aliphatic imine (C=N–C) groups is 1. The highest BCUT2D eigenvalue weighted by atomic mass is 16.5. The summed E-state index contributed by atoms with van der Waals surface area (Å²) in [6, 6.07) is 3.64. The molecule has 21 heavy (non-hydrogen) atoms. The van der Waals surface area contributed by atoms with E-state index in [1.54, 1.807) is 31.6 Å². The molecule has 1 atom stereocenters. The van der Waals surface area contributed by atoms with Crippen molar-refractivity contribution in [2.75, 3.05) is 32.1 Å². The van der Waals surface area contributed by atoms with Gasteiger partial charge in [-0.2, -0.15) is 0 Å². The number of amides is 1. The molecular formula is C14H23N5O2. The summed E-state index contributed by atoms with van der Waals surface area (Å²) >= 11 is 0. The molecule has 0 saturated carbocycles. The fourth-order valence-electron chi connectivity index (χ4n) is 1.63. The van der Waals surface area contributed by atoms with E-state index < -0.39 is 0 Å². The maximum atomic E-state index is 11.8. The number of nitrogens with one attached hydrogen (secondary N) is 3. The van der Waals surface area contributed by atoms with Gasteiger partial charge in [-0.15, -0.1) is 0 Å². The molecule has 0 aliphatic carbocycles. The zero-order valence-corrected chi connectivity index (χ0v) is 12.7. The van der Waals surface area contributed by atoms with Crippen molar-refractivity contribution >= 4 is 17.6 Å². The average Bonchev–Trinajstić information content (AvgIpc) is 2.46. The van der Waals surface area contributed by atoms with Crippen LogP contribution in [0.15, 0.2) is 29.5 Å². The van der Waals surface area contributed by atoms with Gasteiger partial charge >= 0.3 is 0 Å². The SMILES string of the molecule is CCNC(=NCC(=O)Nc1cccnc1)NC(C)COC. The molecule has 7 nitrogen and oxygen atoms in total. The van der Waals surface area contributed by atoms with E-state index in [2.05, 4.69) is 25.9 Å². The van der Waals surface area contributed by atoms with Crippen LogP contribution in [-0.2, 0) is 9.53 Å². The number of hydrogen-bond acceptors (Lipinski definition) is 4. The fraction of sp³-hybridized carbons (Fsp3) is 0.500. The lowest BCUT2D eigenvalue weighted by Crippen LogP contribution is -2.44. The Bertz CT molecular complexity index is 450. The van der Waals surface area contributed by atoms with Crippen molar-refractivity contribution in [2.24, 2.45) is 4.99 Å². The van der Waals surface area contributed by atoms with Gasteiger partial charge < -0.3 is 20.7 Å². The van der Waals surface area contributed by atoms with Crippen molar-refractivity contribution in [1.82, 2.24) is 15.6 Å². The van der Waals surface area contributed by atoms with Crippen LogP contribution in [0.25, 0.3) is 0 Å². The highest BCUT2D eigenvalue weighted by Crippen LogP contribution is 2.01. The lowest BCUT2D eigenvalue weighted by molar-refractivity contribution is -0.114. The maximum absolute atomic E-state index is 11.8. The number of hydrogen-bond donors (Lipinski definition) is 3. The lowest BCUT2D eigenvalue weighted by Gasteiger charge is -2.16. The molecule has 1 amide bonds. The Kier molecular flexibility index (Phi) is 7.81. The molecule has 1 aromatic rings. The summed E-state index contributed by atoms with van der Waals surface area (Å²) in [5, 5.41) is 8.97. The van der Waals surface area contributed by atoms with Crippen molar-refractivity contribution in [3.05, 3.63) is 24.5 Å². The molecule has 0 bridgehead atoms. The van der Waals surface area contributed by atoms with Crippen LogP contribution in [0.2, 0.25) is 0 Å². The fourth-order valence-corrected chi connectivity index (χ4v) is 1.63. The number of anilines is 1. The minimum atomic E-state index is -0.195. The largest absolute Gasteiger partial charge is 0.383 e. The molecule has 0 aliphatic heterocycles. The van der Waals surface area contributed by atoms with Gasteiger partial charge in [-0.3, -0.25) is 9.78 Å². The van der Waals surface area contributed by atoms with Gasteiger partial charge in [-0.1, -0.05) is 0 Å². The Balaban J connectivity index is 2.50. The van der Waals surface area contributed by atoms with Gasteiger partial charge in [0, 0.05) is 25.9 Å². The molecule has 1 heterocycles. The summed E-state index contributed by atoms with van der Waals surface area (Å²) in [4.78, 5) is 20.0. The molecule has 0 spiro atoms. The zero-order valence-electron chi connectivity index (χ0n) is 12.7. The minimum absolute atomic E-state index is 0.0317. The van der Waals surface area contributed by atoms with Crippen LogP contribution in [0.1, 0.15) is 13.8 Å². The van der Waals surface area contributed by atoms with Crippen LogP contribution in [0.3, 0.4) is 0 Å². The molecule has 1 rings (SSSR count). The van der Waals surface area contributed by atoms with E-state index in [0.717, 1.165) is 6.54 Å². The van der Waals surface area contributed by atoms with E-state index in [1.807, 2.05) is 13.8 Å². The number of nitrogens with zero attached hydrogens (tertiary/aromatic N) is 2. The number of guanidine groups is 1. The molecule has 1 aromatic heterocycles.